The highest BCUT2D eigenvalue weighted by atomic mass is 32.2. The molecule has 1 saturated heterocycles. The number of thioether (sulfide) groups is 1. The van der Waals surface area contributed by atoms with Gasteiger partial charge in [0.15, 0.2) is 0 Å². The molecule has 1 aliphatic carbocycles. The van der Waals surface area contributed by atoms with Gasteiger partial charge in [-0.25, -0.2) is 0 Å². The Balaban J connectivity index is 2.22. The molecule has 102 valence electrons. The van der Waals surface area contributed by atoms with E-state index in [1.807, 2.05) is 23.6 Å². The Hall–Kier alpha value is -0.710. The van der Waals surface area contributed by atoms with Crippen molar-refractivity contribution >= 4 is 23.6 Å². The zero-order valence-corrected chi connectivity index (χ0v) is 12.4. The number of amides is 2. The van der Waals surface area contributed by atoms with E-state index in [0.717, 1.165) is 12.8 Å². The molecule has 0 radical (unpaired) electrons. The molecule has 0 aromatic carbocycles. The molecular weight excluding hydrogens is 248 g/mol. The van der Waals surface area contributed by atoms with Crippen LogP contribution in [0, 0.1) is 0 Å². The minimum atomic E-state index is -0.767. The van der Waals surface area contributed by atoms with Gasteiger partial charge in [-0.05, 0) is 39.4 Å². The van der Waals surface area contributed by atoms with Gasteiger partial charge < -0.3 is 10.2 Å². The van der Waals surface area contributed by atoms with E-state index < -0.39 is 5.54 Å². The van der Waals surface area contributed by atoms with E-state index >= 15 is 0 Å². The summed E-state index contributed by atoms with van der Waals surface area (Å²) >= 11 is 1.82. The molecule has 0 aromatic rings. The summed E-state index contributed by atoms with van der Waals surface area (Å²) in [7, 11) is 0. The Morgan fingerprint density at radius 1 is 1.39 bits per heavy atom. The van der Waals surface area contributed by atoms with Crippen molar-refractivity contribution in [2.24, 2.45) is 0 Å². The Morgan fingerprint density at radius 3 is 2.44 bits per heavy atom. The lowest BCUT2D eigenvalue weighted by Gasteiger charge is -2.43. The number of nitrogens with zero attached hydrogens (tertiary/aromatic N) is 1. The summed E-state index contributed by atoms with van der Waals surface area (Å²) in [5.74, 6) is 0.0354. The summed E-state index contributed by atoms with van der Waals surface area (Å²) in [5.41, 5.74) is -0.767. The van der Waals surface area contributed by atoms with E-state index in [0.29, 0.717) is 13.0 Å². The molecule has 1 aliphatic heterocycles. The topological polar surface area (TPSA) is 49.4 Å². The van der Waals surface area contributed by atoms with Crippen LogP contribution < -0.4 is 5.32 Å². The first-order valence-electron chi connectivity index (χ1n) is 6.53. The molecule has 2 amide bonds. The molecule has 0 aromatic heterocycles. The number of carbonyl (C=O) groups is 2. The molecule has 2 aliphatic rings. The van der Waals surface area contributed by atoms with Crippen molar-refractivity contribution in [1.82, 2.24) is 10.2 Å². The van der Waals surface area contributed by atoms with Crippen LogP contribution >= 0.6 is 11.8 Å². The lowest BCUT2D eigenvalue weighted by molar-refractivity contribution is -0.153. The second-order valence-corrected chi connectivity index (χ2v) is 7.13. The Labute approximate surface area is 113 Å². The number of hydrogen-bond donors (Lipinski definition) is 1. The summed E-state index contributed by atoms with van der Waals surface area (Å²) in [6, 6.07) is -0.296. The van der Waals surface area contributed by atoms with Crippen LogP contribution in [0.4, 0.5) is 0 Å². The maximum absolute atomic E-state index is 12.5. The highest BCUT2D eigenvalue weighted by molar-refractivity contribution is 8.00. The molecule has 0 bridgehead atoms. The predicted octanol–water partition coefficient (Wildman–Crippen LogP) is 1.40. The monoisotopic (exact) mass is 270 g/mol. The van der Waals surface area contributed by atoms with Crippen molar-refractivity contribution in [3.63, 3.8) is 0 Å². The number of nitrogens with one attached hydrogen (secondary N) is 1. The molecule has 1 N–H and O–H groups in total. The largest absolute Gasteiger partial charge is 0.340 e. The van der Waals surface area contributed by atoms with Gasteiger partial charge in [-0.2, -0.15) is 11.8 Å². The molecule has 1 heterocycles. The molecule has 2 rings (SSSR count). The van der Waals surface area contributed by atoms with Crippen LogP contribution in [0.1, 0.15) is 40.0 Å². The molecule has 1 saturated carbocycles. The Bertz CT molecular complexity index is 377. The van der Waals surface area contributed by atoms with E-state index in [1.165, 1.54) is 0 Å². The first kappa shape index (κ1) is 13.7. The standard InChI is InChI=1S/C13H22N2O2S/c1-5-9-10(16)14-12(2,3)11(17)15(9)8-13(18-4)6-7-13/h9H,5-8H2,1-4H3,(H,14,16). The first-order chi connectivity index (χ1) is 8.35. The van der Waals surface area contributed by atoms with Gasteiger partial charge >= 0.3 is 0 Å². The highest BCUT2D eigenvalue weighted by Crippen LogP contribution is 2.48. The molecule has 5 heteroatoms. The molecule has 1 unspecified atom stereocenters. The minimum Gasteiger partial charge on any atom is -0.340 e. The fourth-order valence-electron chi connectivity index (χ4n) is 2.55. The van der Waals surface area contributed by atoms with Crippen LogP contribution in [0.2, 0.25) is 0 Å². The van der Waals surface area contributed by atoms with Crippen LogP contribution in [0.3, 0.4) is 0 Å². The summed E-state index contributed by atoms with van der Waals surface area (Å²) in [6.45, 7) is 6.24. The Morgan fingerprint density at radius 2 is 2.00 bits per heavy atom. The SMILES string of the molecule is CCC1C(=O)NC(C)(C)C(=O)N1CC1(SC)CC1. The van der Waals surface area contributed by atoms with Crippen LogP contribution in [0.5, 0.6) is 0 Å². The van der Waals surface area contributed by atoms with Crippen molar-refractivity contribution < 1.29 is 9.59 Å². The molecule has 1 atom stereocenters. The van der Waals surface area contributed by atoms with Gasteiger partial charge in [0.2, 0.25) is 11.8 Å². The van der Waals surface area contributed by atoms with E-state index in [1.54, 1.807) is 13.8 Å². The summed E-state index contributed by atoms with van der Waals surface area (Å²) in [6.07, 6.45) is 5.07. The predicted molar refractivity (Wildman–Crippen MR) is 73.5 cm³/mol. The van der Waals surface area contributed by atoms with Crippen molar-refractivity contribution in [1.29, 1.82) is 0 Å². The van der Waals surface area contributed by atoms with Crippen molar-refractivity contribution in [3.05, 3.63) is 0 Å². The average Bonchev–Trinajstić information content (AvgIpc) is 3.06. The fourth-order valence-corrected chi connectivity index (χ4v) is 3.33. The van der Waals surface area contributed by atoms with Crippen molar-refractivity contribution in [2.45, 2.75) is 56.4 Å². The average molecular weight is 270 g/mol. The maximum Gasteiger partial charge on any atom is 0.248 e. The second kappa shape index (κ2) is 4.44. The van der Waals surface area contributed by atoms with Gasteiger partial charge in [-0.3, -0.25) is 9.59 Å². The zero-order valence-electron chi connectivity index (χ0n) is 11.6. The van der Waals surface area contributed by atoms with Gasteiger partial charge in [-0.15, -0.1) is 0 Å². The third kappa shape index (κ3) is 2.25. The quantitative estimate of drug-likeness (QED) is 0.840. The normalized spacial score (nSPS) is 29.1. The summed E-state index contributed by atoms with van der Waals surface area (Å²) in [4.78, 5) is 26.4. The molecular formula is C13H22N2O2S. The van der Waals surface area contributed by atoms with Gasteiger partial charge in [0.1, 0.15) is 11.6 Å². The summed E-state index contributed by atoms with van der Waals surface area (Å²) in [5, 5.41) is 2.82. The van der Waals surface area contributed by atoms with E-state index in [9.17, 15) is 9.59 Å². The van der Waals surface area contributed by atoms with E-state index in [2.05, 4.69) is 11.6 Å². The molecule has 2 fully saturated rings. The lowest BCUT2D eigenvalue weighted by Crippen LogP contribution is -2.68. The van der Waals surface area contributed by atoms with Gasteiger partial charge in [0, 0.05) is 11.3 Å². The number of piperazine rings is 1. The van der Waals surface area contributed by atoms with Gasteiger partial charge in [-0.1, -0.05) is 6.92 Å². The zero-order chi connectivity index (χ0) is 13.6. The van der Waals surface area contributed by atoms with Gasteiger partial charge in [0.05, 0.1) is 0 Å². The highest BCUT2D eigenvalue weighted by Gasteiger charge is 2.50. The molecule has 18 heavy (non-hydrogen) atoms. The smallest absolute Gasteiger partial charge is 0.248 e. The van der Waals surface area contributed by atoms with Crippen LogP contribution in [0.15, 0.2) is 0 Å². The number of rotatable bonds is 4. The lowest BCUT2D eigenvalue weighted by atomic mass is 9.95. The van der Waals surface area contributed by atoms with Crippen molar-refractivity contribution in [2.75, 3.05) is 12.8 Å². The van der Waals surface area contributed by atoms with Crippen LogP contribution in [-0.2, 0) is 9.59 Å². The third-order valence-electron chi connectivity index (χ3n) is 4.00. The molecule has 4 nitrogen and oxygen atoms in total. The summed E-state index contributed by atoms with van der Waals surface area (Å²) < 4.78 is 0.205. The van der Waals surface area contributed by atoms with Crippen LogP contribution in [-0.4, -0.2) is 45.8 Å². The van der Waals surface area contributed by atoms with Crippen molar-refractivity contribution in [3.8, 4) is 0 Å². The van der Waals surface area contributed by atoms with Gasteiger partial charge in [0.25, 0.3) is 0 Å². The second-order valence-electron chi connectivity index (χ2n) is 5.86. The van der Waals surface area contributed by atoms with Crippen LogP contribution in [0.25, 0.3) is 0 Å². The number of hydrogen-bond acceptors (Lipinski definition) is 3. The first-order valence-corrected chi connectivity index (χ1v) is 7.76. The molecule has 0 spiro atoms. The van der Waals surface area contributed by atoms with E-state index in [4.69, 9.17) is 0 Å². The van der Waals surface area contributed by atoms with E-state index in [-0.39, 0.29) is 22.6 Å². The number of carbonyl (C=O) groups excluding carboxylic acids is 2. The maximum atomic E-state index is 12.5. The third-order valence-corrected chi connectivity index (χ3v) is 5.40. The Kier molecular flexibility index (Phi) is 3.38. The fraction of sp³-hybridized carbons (Fsp3) is 0.846. The minimum absolute atomic E-state index is 0.0148.